The van der Waals surface area contributed by atoms with E-state index in [1.165, 1.54) is 0 Å². The smallest absolute Gasteiger partial charge is 0.256 e. The lowest BCUT2D eigenvalue weighted by molar-refractivity contribution is 1.17. The number of anilines is 1. The van der Waals surface area contributed by atoms with Crippen molar-refractivity contribution in [2.75, 3.05) is 5.73 Å². The Labute approximate surface area is 89.1 Å². The van der Waals surface area contributed by atoms with Gasteiger partial charge >= 0.3 is 0 Å². The maximum absolute atomic E-state index is 11.6. The molecule has 0 radical (unpaired) electrons. The van der Waals surface area contributed by atoms with Crippen LogP contribution in [0.2, 0.25) is 0 Å². The zero-order valence-electron chi connectivity index (χ0n) is 7.60. The minimum atomic E-state index is -0.104. The summed E-state index contributed by atoms with van der Waals surface area (Å²) in [7, 11) is 0. The van der Waals surface area contributed by atoms with E-state index in [4.69, 9.17) is 5.73 Å². The Bertz CT molecular complexity index is 560. The highest BCUT2D eigenvalue weighted by Crippen LogP contribution is 2.22. The predicted octanol–water partition coefficient (Wildman–Crippen LogP) is 2.18. The molecule has 0 aliphatic rings. The standard InChI is InChI=1S/C10H9BrN2O/c1-5-9(12)7-3-2-6(11)4-8(7)10(14)13-5/h2-4H,12H2,1H3,(H,13,14). The molecule has 0 saturated carbocycles. The Morgan fingerprint density at radius 1 is 1.36 bits per heavy atom. The van der Waals surface area contributed by atoms with Gasteiger partial charge in [-0.05, 0) is 19.1 Å². The third-order valence-corrected chi connectivity index (χ3v) is 2.71. The molecule has 4 heteroatoms. The number of aromatic amines is 1. The highest BCUT2D eigenvalue weighted by atomic mass is 79.9. The third kappa shape index (κ3) is 1.32. The maximum Gasteiger partial charge on any atom is 0.256 e. The normalized spacial score (nSPS) is 10.7. The van der Waals surface area contributed by atoms with Gasteiger partial charge in [0.15, 0.2) is 0 Å². The zero-order valence-corrected chi connectivity index (χ0v) is 9.18. The van der Waals surface area contributed by atoms with Crippen LogP contribution in [0.25, 0.3) is 10.8 Å². The average Bonchev–Trinajstić information content (AvgIpc) is 2.14. The van der Waals surface area contributed by atoms with E-state index in [2.05, 4.69) is 20.9 Å². The number of hydrogen-bond donors (Lipinski definition) is 2. The molecule has 3 N–H and O–H groups in total. The molecule has 72 valence electrons. The third-order valence-electron chi connectivity index (χ3n) is 2.22. The van der Waals surface area contributed by atoms with Crippen LogP contribution in [0.15, 0.2) is 27.5 Å². The molecule has 0 bridgehead atoms. The van der Waals surface area contributed by atoms with Crippen molar-refractivity contribution in [3.05, 3.63) is 38.7 Å². The molecule has 1 aromatic carbocycles. The number of nitrogens with one attached hydrogen (secondary N) is 1. The van der Waals surface area contributed by atoms with Gasteiger partial charge in [-0.25, -0.2) is 0 Å². The van der Waals surface area contributed by atoms with Gasteiger partial charge in [-0.3, -0.25) is 4.79 Å². The van der Waals surface area contributed by atoms with Gasteiger partial charge in [-0.15, -0.1) is 0 Å². The van der Waals surface area contributed by atoms with Crippen LogP contribution >= 0.6 is 15.9 Å². The van der Waals surface area contributed by atoms with Crippen molar-refractivity contribution >= 4 is 32.4 Å². The topological polar surface area (TPSA) is 58.9 Å². The van der Waals surface area contributed by atoms with Crippen molar-refractivity contribution in [2.24, 2.45) is 0 Å². The number of fused-ring (bicyclic) bond motifs is 1. The van der Waals surface area contributed by atoms with Gasteiger partial charge < -0.3 is 10.7 Å². The number of H-pyrrole nitrogens is 1. The van der Waals surface area contributed by atoms with Crippen LogP contribution in [0.1, 0.15) is 5.69 Å². The minimum absolute atomic E-state index is 0.104. The van der Waals surface area contributed by atoms with Gasteiger partial charge in [-0.1, -0.05) is 22.0 Å². The van der Waals surface area contributed by atoms with E-state index in [9.17, 15) is 4.79 Å². The van der Waals surface area contributed by atoms with Crippen LogP contribution in [-0.2, 0) is 0 Å². The van der Waals surface area contributed by atoms with Gasteiger partial charge in [-0.2, -0.15) is 0 Å². The Kier molecular flexibility index (Phi) is 2.07. The van der Waals surface area contributed by atoms with Crippen molar-refractivity contribution in [3.63, 3.8) is 0 Å². The Morgan fingerprint density at radius 3 is 2.79 bits per heavy atom. The molecule has 2 aromatic rings. The molecular formula is C10H9BrN2O. The molecule has 0 fully saturated rings. The number of pyridine rings is 1. The first-order chi connectivity index (χ1) is 6.59. The maximum atomic E-state index is 11.6. The van der Waals surface area contributed by atoms with Gasteiger partial charge in [0.25, 0.3) is 5.56 Å². The highest BCUT2D eigenvalue weighted by molar-refractivity contribution is 9.10. The molecule has 2 rings (SSSR count). The fraction of sp³-hybridized carbons (Fsp3) is 0.100. The quantitative estimate of drug-likeness (QED) is 0.755. The molecular weight excluding hydrogens is 244 g/mol. The fourth-order valence-electron chi connectivity index (χ4n) is 1.45. The molecule has 0 spiro atoms. The van der Waals surface area contributed by atoms with Crippen LogP contribution in [0.4, 0.5) is 5.69 Å². The molecule has 0 atom stereocenters. The molecule has 1 heterocycles. The molecule has 0 saturated heterocycles. The highest BCUT2D eigenvalue weighted by Gasteiger charge is 2.05. The summed E-state index contributed by atoms with van der Waals surface area (Å²) in [4.78, 5) is 14.3. The van der Waals surface area contributed by atoms with Crippen LogP contribution in [0.5, 0.6) is 0 Å². The van der Waals surface area contributed by atoms with Crippen LogP contribution in [-0.4, -0.2) is 4.98 Å². The summed E-state index contributed by atoms with van der Waals surface area (Å²) in [5.74, 6) is 0. The van der Waals surface area contributed by atoms with Gasteiger partial charge in [0.05, 0.1) is 11.1 Å². The average molecular weight is 253 g/mol. The number of rotatable bonds is 0. The van der Waals surface area contributed by atoms with E-state index < -0.39 is 0 Å². The Balaban J connectivity index is 3.02. The molecule has 14 heavy (non-hydrogen) atoms. The summed E-state index contributed by atoms with van der Waals surface area (Å²) in [5.41, 5.74) is 7.09. The lowest BCUT2D eigenvalue weighted by Gasteiger charge is -2.04. The van der Waals surface area contributed by atoms with Crippen LogP contribution < -0.4 is 11.3 Å². The van der Waals surface area contributed by atoms with Crippen molar-refractivity contribution in [2.45, 2.75) is 6.92 Å². The zero-order chi connectivity index (χ0) is 10.3. The largest absolute Gasteiger partial charge is 0.397 e. The number of hydrogen-bond acceptors (Lipinski definition) is 2. The molecule has 1 aromatic heterocycles. The van der Waals surface area contributed by atoms with Gasteiger partial charge in [0.2, 0.25) is 0 Å². The van der Waals surface area contributed by atoms with Gasteiger partial charge in [0, 0.05) is 15.6 Å². The number of nitrogens with two attached hydrogens (primary N) is 1. The first kappa shape index (κ1) is 9.27. The van der Waals surface area contributed by atoms with Gasteiger partial charge in [0.1, 0.15) is 0 Å². The minimum Gasteiger partial charge on any atom is -0.397 e. The number of benzene rings is 1. The first-order valence-corrected chi connectivity index (χ1v) is 4.96. The molecule has 3 nitrogen and oxygen atoms in total. The monoisotopic (exact) mass is 252 g/mol. The summed E-state index contributed by atoms with van der Waals surface area (Å²) in [5, 5.41) is 1.41. The SMILES string of the molecule is Cc1[nH]c(=O)c2cc(Br)ccc2c1N. The van der Waals surface area contributed by atoms with Crippen molar-refractivity contribution < 1.29 is 0 Å². The summed E-state index contributed by atoms with van der Waals surface area (Å²) in [6.07, 6.45) is 0. The summed E-state index contributed by atoms with van der Waals surface area (Å²) >= 11 is 3.32. The van der Waals surface area contributed by atoms with Crippen molar-refractivity contribution in [3.8, 4) is 0 Å². The van der Waals surface area contributed by atoms with Crippen molar-refractivity contribution in [1.82, 2.24) is 4.98 Å². The lowest BCUT2D eigenvalue weighted by Crippen LogP contribution is -2.10. The molecule has 0 aliphatic carbocycles. The van der Waals surface area contributed by atoms with E-state index in [0.717, 1.165) is 9.86 Å². The van der Waals surface area contributed by atoms with E-state index >= 15 is 0 Å². The van der Waals surface area contributed by atoms with Crippen LogP contribution in [0.3, 0.4) is 0 Å². The van der Waals surface area contributed by atoms with E-state index in [-0.39, 0.29) is 5.56 Å². The summed E-state index contributed by atoms with van der Waals surface area (Å²) < 4.78 is 0.874. The van der Waals surface area contributed by atoms with Crippen molar-refractivity contribution in [1.29, 1.82) is 0 Å². The molecule has 0 unspecified atom stereocenters. The second-order valence-electron chi connectivity index (χ2n) is 3.18. The second kappa shape index (κ2) is 3.13. The number of aryl methyl sites for hydroxylation is 1. The Hall–Kier alpha value is -1.29. The number of nitrogen functional groups attached to an aromatic ring is 1. The summed E-state index contributed by atoms with van der Waals surface area (Å²) in [6.45, 7) is 1.79. The van der Waals surface area contributed by atoms with E-state index in [1.54, 1.807) is 13.0 Å². The van der Waals surface area contributed by atoms with E-state index in [1.807, 2.05) is 12.1 Å². The van der Waals surface area contributed by atoms with Crippen LogP contribution in [0, 0.1) is 6.92 Å². The number of aromatic nitrogens is 1. The summed E-state index contributed by atoms with van der Waals surface area (Å²) in [6, 6.07) is 5.48. The predicted molar refractivity (Wildman–Crippen MR) is 61.4 cm³/mol. The Morgan fingerprint density at radius 2 is 2.07 bits per heavy atom. The van der Waals surface area contributed by atoms with E-state index in [0.29, 0.717) is 16.8 Å². The number of halogens is 1. The molecule has 0 amide bonds. The first-order valence-electron chi connectivity index (χ1n) is 4.17. The lowest BCUT2D eigenvalue weighted by atomic mass is 10.1. The molecule has 0 aliphatic heterocycles. The second-order valence-corrected chi connectivity index (χ2v) is 4.10. The fourth-order valence-corrected chi connectivity index (χ4v) is 1.81.